The van der Waals surface area contributed by atoms with Crippen LogP contribution in [0.1, 0.15) is 13.3 Å². The molecular weight excluding hydrogens is 234 g/mol. The van der Waals surface area contributed by atoms with Gasteiger partial charge in [-0.1, -0.05) is 6.92 Å². The minimum absolute atomic E-state index is 0.235. The van der Waals surface area contributed by atoms with Gasteiger partial charge in [-0.3, -0.25) is 9.69 Å². The first kappa shape index (κ1) is 12.2. The molecule has 1 unspecified atom stereocenters. The number of aliphatic imine (C=N–C) groups is 1. The van der Waals surface area contributed by atoms with Crippen molar-refractivity contribution in [3.8, 4) is 6.07 Å². The van der Waals surface area contributed by atoms with Gasteiger partial charge in [0.15, 0.2) is 0 Å². The average molecular weight is 248 g/mol. The largest absolute Gasteiger partial charge is 0.334 e. The van der Waals surface area contributed by atoms with Crippen molar-refractivity contribution in [2.45, 2.75) is 19.4 Å². The summed E-state index contributed by atoms with van der Waals surface area (Å²) >= 11 is 0. The summed E-state index contributed by atoms with van der Waals surface area (Å²) in [6.45, 7) is 1.70. The van der Waals surface area contributed by atoms with E-state index in [1.54, 1.807) is 18.7 Å². The molecule has 0 aromatic heterocycles. The van der Waals surface area contributed by atoms with Crippen molar-refractivity contribution in [2.75, 3.05) is 20.6 Å². The minimum Gasteiger partial charge on any atom is -0.269 e. The van der Waals surface area contributed by atoms with Gasteiger partial charge in [-0.05, 0) is 4.99 Å². The maximum absolute atomic E-state index is 12.2. The number of imide groups is 1. The number of hydrogen-bond donors (Lipinski definition) is 0. The summed E-state index contributed by atoms with van der Waals surface area (Å²) in [5.41, 5.74) is 0. The quantitative estimate of drug-likeness (QED) is 0.494. The molecule has 1 fully saturated rings. The third-order valence-corrected chi connectivity index (χ3v) is 3.19. The van der Waals surface area contributed by atoms with E-state index in [1.807, 2.05) is 13.0 Å². The van der Waals surface area contributed by atoms with E-state index in [2.05, 4.69) is 4.99 Å². The van der Waals surface area contributed by atoms with E-state index < -0.39 is 12.1 Å². The highest BCUT2D eigenvalue weighted by atomic mass is 16.2. The molecule has 2 aliphatic rings. The molecule has 18 heavy (non-hydrogen) atoms. The summed E-state index contributed by atoms with van der Waals surface area (Å²) in [6.07, 6.45) is 0.685. The van der Waals surface area contributed by atoms with Gasteiger partial charge in [-0.2, -0.15) is 5.26 Å². The molecule has 0 radical (unpaired) electrons. The summed E-state index contributed by atoms with van der Waals surface area (Å²) in [6, 6.07) is 0.746. The second-order valence-electron chi connectivity index (χ2n) is 4.18. The minimum atomic E-state index is -0.587. The van der Waals surface area contributed by atoms with Crippen molar-refractivity contribution >= 4 is 23.6 Å². The summed E-state index contributed by atoms with van der Waals surface area (Å²) in [7, 11) is 3.34. The first-order valence-corrected chi connectivity index (χ1v) is 5.66. The lowest BCUT2D eigenvalue weighted by atomic mass is 10.1. The molecular formula is C11H14N5O2+. The maximum atomic E-state index is 12.2. The van der Waals surface area contributed by atoms with Crippen LogP contribution in [0.5, 0.6) is 0 Å². The summed E-state index contributed by atoms with van der Waals surface area (Å²) in [5, 5.41) is 8.68. The summed E-state index contributed by atoms with van der Waals surface area (Å²) < 4.78 is 1.75. The Morgan fingerprint density at radius 2 is 2.17 bits per heavy atom. The molecule has 2 heterocycles. The Labute approximate surface area is 105 Å². The van der Waals surface area contributed by atoms with Gasteiger partial charge in [0.25, 0.3) is 23.6 Å². The Hall–Kier alpha value is -2.23. The standard InChI is InChI=1S/C11H14N5O2/c1-4-7-13-9-8(14(7)2)10(17)16(6-5-12)11(18)15(9)3/h8H,4,6H2,1-3H3/q+1. The Bertz CT molecular complexity index is 528. The molecule has 0 saturated carbocycles. The number of hydrogen-bond acceptors (Lipinski definition) is 4. The van der Waals surface area contributed by atoms with E-state index in [0.29, 0.717) is 12.3 Å². The lowest BCUT2D eigenvalue weighted by Crippen LogP contribution is -2.62. The number of amides is 3. The van der Waals surface area contributed by atoms with E-state index in [-0.39, 0.29) is 12.5 Å². The Morgan fingerprint density at radius 1 is 1.50 bits per heavy atom. The molecule has 0 N–H and O–H groups in total. The van der Waals surface area contributed by atoms with Crippen LogP contribution in [0.3, 0.4) is 0 Å². The molecule has 0 aliphatic carbocycles. The Morgan fingerprint density at radius 3 is 2.72 bits per heavy atom. The molecule has 3 amide bonds. The summed E-state index contributed by atoms with van der Waals surface area (Å²) in [5.74, 6) is 0.824. The maximum Gasteiger partial charge on any atom is 0.334 e. The molecule has 0 aromatic carbocycles. The van der Waals surface area contributed by atoms with Crippen LogP contribution in [-0.2, 0) is 4.79 Å². The second kappa shape index (κ2) is 4.22. The van der Waals surface area contributed by atoms with E-state index in [9.17, 15) is 9.59 Å². The van der Waals surface area contributed by atoms with Gasteiger partial charge in [0.2, 0.25) is 0 Å². The van der Waals surface area contributed by atoms with E-state index in [4.69, 9.17) is 5.26 Å². The molecule has 0 aromatic rings. The zero-order chi connectivity index (χ0) is 13.4. The third-order valence-electron chi connectivity index (χ3n) is 3.19. The fourth-order valence-corrected chi connectivity index (χ4v) is 2.19. The van der Waals surface area contributed by atoms with Crippen LogP contribution in [0.2, 0.25) is 0 Å². The van der Waals surface area contributed by atoms with Crippen LogP contribution in [0, 0.1) is 11.3 Å². The number of fused-ring (bicyclic) bond motifs is 1. The number of nitrogens with zero attached hydrogens (tertiary/aromatic N) is 5. The van der Waals surface area contributed by atoms with Crippen LogP contribution in [0.15, 0.2) is 4.99 Å². The van der Waals surface area contributed by atoms with Crippen LogP contribution in [0.25, 0.3) is 0 Å². The van der Waals surface area contributed by atoms with Gasteiger partial charge < -0.3 is 0 Å². The first-order chi connectivity index (χ1) is 8.52. The fraction of sp³-hybridized carbons (Fsp3) is 0.545. The normalized spacial score (nSPS) is 23.2. The molecule has 7 nitrogen and oxygen atoms in total. The van der Waals surface area contributed by atoms with Crippen LogP contribution in [-0.4, -0.2) is 64.7 Å². The zero-order valence-electron chi connectivity index (χ0n) is 10.5. The molecule has 2 rings (SSSR count). The topological polar surface area (TPSA) is 79.8 Å². The number of nitriles is 1. The second-order valence-corrected chi connectivity index (χ2v) is 4.18. The number of carbonyl (C=O) groups is 2. The lowest BCUT2D eigenvalue weighted by Gasteiger charge is -2.31. The number of carbonyl (C=O) groups excluding carboxylic acids is 2. The van der Waals surface area contributed by atoms with Crippen LogP contribution in [0.4, 0.5) is 4.79 Å². The highest BCUT2D eigenvalue weighted by molar-refractivity contribution is 6.23. The van der Waals surface area contributed by atoms with Crippen molar-refractivity contribution in [2.24, 2.45) is 4.99 Å². The van der Waals surface area contributed by atoms with Gasteiger partial charge in [-0.25, -0.2) is 14.3 Å². The van der Waals surface area contributed by atoms with Crippen molar-refractivity contribution < 1.29 is 14.2 Å². The van der Waals surface area contributed by atoms with E-state index in [0.717, 1.165) is 10.7 Å². The lowest BCUT2D eigenvalue weighted by molar-refractivity contribution is -0.506. The predicted molar refractivity (Wildman–Crippen MR) is 63.2 cm³/mol. The smallest absolute Gasteiger partial charge is 0.269 e. The molecule has 7 heteroatoms. The molecule has 1 saturated heterocycles. The van der Waals surface area contributed by atoms with Crippen LogP contribution >= 0.6 is 0 Å². The van der Waals surface area contributed by atoms with Gasteiger partial charge >= 0.3 is 6.03 Å². The molecule has 94 valence electrons. The van der Waals surface area contributed by atoms with Gasteiger partial charge in [0, 0.05) is 7.05 Å². The van der Waals surface area contributed by atoms with Crippen molar-refractivity contribution in [1.29, 1.82) is 5.26 Å². The number of urea groups is 1. The molecule has 2 aliphatic heterocycles. The average Bonchev–Trinajstić information content (AvgIpc) is 2.69. The van der Waals surface area contributed by atoms with Crippen molar-refractivity contribution in [1.82, 2.24) is 9.80 Å². The number of amidine groups is 2. The zero-order valence-corrected chi connectivity index (χ0v) is 10.5. The molecule has 0 spiro atoms. The fourth-order valence-electron chi connectivity index (χ4n) is 2.19. The number of likely N-dealkylation sites (N-methyl/N-ethyl adjacent to an activating group) is 2. The highest BCUT2D eigenvalue weighted by Gasteiger charge is 2.52. The third kappa shape index (κ3) is 1.49. The van der Waals surface area contributed by atoms with Gasteiger partial charge in [0.05, 0.1) is 19.5 Å². The SMILES string of the molecule is CCC1=[N+](C)C2C(=O)N(CC#N)C(=O)N(C)C2=N1. The highest BCUT2D eigenvalue weighted by Crippen LogP contribution is 2.19. The first-order valence-electron chi connectivity index (χ1n) is 5.66. The Kier molecular flexibility index (Phi) is 2.87. The summed E-state index contributed by atoms with van der Waals surface area (Å²) in [4.78, 5) is 30.8. The number of rotatable bonds is 2. The van der Waals surface area contributed by atoms with E-state index in [1.165, 1.54) is 4.90 Å². The van der Waals surface area contributed by atoms with Gasteiger partial charge in [0.1, 0.15) is 6.54 Å². The van der Waals surface area contributed by atoms with Crippen molar-refractivity contribution in [3.05, 3.63) is 0 Å². The monoisotopic (exact) mass is 248 g/mol. The molecule has 0 bridgehead atoms. The molecule has 1 atom stereocenters. The van der Waals surface area contributed by atoms with E-state index >= 15 is 0 Å². The Balaban J connectivity index is 2.44. The van der Waals surface area contributed by atoms with Crippen molar-refractivity contribution in [3.63, 3.8) is 0 Å². The van der Waals surface area contributed by atoms with Gasteiger partial charge in [-0.15, -0.1) is 0 Å². The predicted octanol–water partition coefficient (Wildman–Crippen LogP) is -0.365. The van der Waals surface area contributed by atoms with Crippen LogP contribution < -0.4 is 0 Å².